The lowest BCUT2D eigenvalue weighted by atomic mass is 10.1. The number of hydrogen-bond acceptors (Lipinski definition) is 4. The molecule has 3 rings (SSSR count). The van der Waals surface area contributed by atoms with E-state index in [1.165, 1.54) is 12.1 Å². The number of carbonyl (C=O) groups excluding carboxylic acids is 1. The number of amides is 1. The molecule has 0 aromatic heterocycles. The highest BCUT2D eigenvalue weighted by Crippen LogP contribution is 2.22. The van der Waals surface area contributed by atoms with Crippen LogP contribution in [0, 0.1) is 6.92 Å². The highest BCUT2D eigenvalue weighted by atomic mass is 35.5. The fourth-order valence-corrected chi connectivity index (χ4v) is 3.40. The fourth-order valence-electron chi connectivity index (χ4n) is 2.44. The van der Waals surface area contributed by atoms with Crippen LogP contribution in [0.4, 0.5) is 11.4 Å². The van der Waals surface area contributed by atoms with Crippen molar-refractivity contribution in [3.8, 4) is 0 Å². The van der Waals surface area contributed by atoms with Crippen molar-refractivity contribution in [3.63, 3.8) is 0 Å². The predicted octanol–water partition coefficient (Wildman–Crippen LogP) is 4.02. The first-order valence-corrected chi connectivity index (χ1v) is 10.2. The molecule has 3 N–H and O–H groups in total. The first kappa shape index (κ1) is 19.9. The van der Waals surface area contributed by atoms with E-state index < -0.39 is 15.9 Å². The lowest BCUT2D eigenvalue weighted by molar-refractivity contribution is 0.0946. The van der Waals surface area contributed by atoms with Crippen molar-refractivity contribution in [3.05, 3.63) is 88.9 Å². The third-order valence-electron chi connectivity index (χ3n) is 3.93. The van der Waals surface area contributed by atoms with E-state index in [1.54, 1.807) is 60.7 Å². The Bertz CT molecular complexity index is 1080. The van der Waals surface area contributed by atoms with Crippen LogP contribution in [0.2, 0.25) is 5.02 Å². The molecule has 0 aliphatic heterocycles. The quantitative estimate of drug-likeness (QED) is 0.531. The molecule has 0 saturated carbocycles. The van der Waals surface area contributed by atoms with Crippen LogP contribution < -0.4 is 15.6 Å². The second-order valence-electron chi connectivity index (χ2n) is 6.05. The zero-order valence-electron chi connectivity index (χ0n) is 14.9. The van der Waals surface area contributed by atoms with Crippen molar-refractivity contribution >= 4 is 38.9 Å². The van der Waals surface area contributed by atoms with Crippen LogP contribution in [0.3, 0.4) is 0 Å². The number of sulfonamides is 1. The maximum absolute atomic E-state index is 12.5. The van der Waals surface area contributed by atoms with Crippen LogP contribution in [0.5, 0.6) is 0 Å². The number of para-hydroxylation sites is 1. The summed E-state index contributed by atoms with van der Waals surface area (Å²) in [5.41, 5.74) is 4.73. The zero-order chi connectivity index (χ0) is 20.1. The second-order valence-corrected chi connectivity index (χ2v) is 8.17. The van der Waals surface area contributed by atoms with Gasteiger partial charge in [-0.05, 0) is 55.5 Å². The number of nitrogens with one attached hydrogen (secondary N) is 3. The van der Waals surface area contributed by atoms with Crippen molar-refractivity contribution in [1.82, 2.24) is 10.3 Å². The topological polar surface area (TPSA) is 87.3 Å². The molecule has 0 fully saturated rings. The van der Waals surface area contributed by atoms with Gasteiger partial charge in [-0.2, -0.15) is 0 Å². The van der Waals surface area contributed by atoms with Crippen molar-refractivity contribution in [2.24, 2.45) is 0 Å². The molecule has 0 bridgehead atoms. The number of hydrogen-bond donors (Lipinski definition) is 3. The average molecular weight is 416 g/mol. The van der Waals surface area contributed by atoms with Gasteiger partial charge in [-0.3, -0.25) is 10.2 Å². The summed E-state index contributed by atoms with van der Waals surface area (Å²) >= 11 is 5.88. The number of anilines is 2. The van der Waals surface area contributed by atoms with Gasteiger partial charge in [-0.1, -0.05) is 41.4 Å². The van der Waals surface area contributed by atoms with Gasteiger partial charge in [0.2, 0.25) is 0 Å². The maximum Gasteiger partial charge on any atom is 0.268 e. The minimum absolute atomic E-state index is 0.0611. The van der Waals surface area contributed by atoms with E-state index in [0.717, 1.165) is 11.3 Å². The summed E-state index contributed by atoms with van der Waals surface area (Å²) in [6, 6.07) is 20.1. The predicted molar refractivity (Wildman–Crippen MR) is 110 cm³/mol. The van der Waals surface area contributed by atoms with Gasteiger partial charge >= 0.3 is 0 Å². The molecule has 0 heterocycles. The van der Waals surface area contributed by atoms with Crippen LogP contribution in [0.15, 0.2) is 77.7 Å². The molecule has 3 aromatic rings. The van der Waals surface area contributed by atoms with Crippen molar-refractivity contribution in [1.29, 1.82) is 0 Å². The Hall–Kier alpha value is -2.87. The van der Waals surface area contributed by atoms with E-state index >= 15 is 0 Å². The maximum atomic E-state index is 12.5. The molecule has 28 heavy (non-hydrogen) atoms. The van der Waals surface area contributed by atoms with E-state index in [-0.39, 0.29) is 10.5 Å². The number of aryl methyl sites for hydroxylation is 1. The van der Waals surface area contributed by atoms with E-state index in [2.05, 4.69) is 15.6 Å². The molecule has 6 nitrogen and oxygen atoms in total. The summed E-state index contributed by atoms with van der Waals surface area (Å²) in [4.78, 5) is 14.7. The molecule has 8 heteroatoms. The van der Waals surface area contributed by atoms with E-state index in [4.69, 9.17) is 11.6 Å². The number of rotatable bonds is 6. The molecule has 3 aromatic carbocycles. The van der Waals surface area contributed by atoms with Crippen LogP contribution in [0.25, 0.3) is 0 Å². The molecule has 1 amide bonds. The SMILES string of the molecule is Cc1ccc(S(=O)(=O)NNC(=O)c2ccccc2Nc2ccc(Cl)cc2)cc1. The lowest BCUT2D eigenvalue weighted by Crippen LogP contribution is -2.41. The molecule has 0 aliphatic rings. The molecule has 0 aliphatic carbocycles. The van der Waals surface area contributed by atoms with Gasteiger partial charge < -0.3 is 5.32 Å². The standard InChI is InChI=1S/C20H18ClN3O3S/c1-14-6-12-17(13-7-14)28(26,27)24-23-20(25)18-4-2-3-5-19(18)22-16-10-8-15(21)9-11-16/h2-13,22,24H,1H3,(H,23,25). The first-order valence-electron chi connectivity index (χ1n) is 8.35. The van der Waals surface area contributed by atoms with Crippen molar-refractivity contribution < 1.29 is 13.2 Å². The van der Waals surface area contributed by atoms with Crippen molar-refractivity contribution in [2.45, 2.75) is 11.8 Å². The van der Waals surface area contributed by atoms with Crippen LogP contribution in [0.1, 0.15) is 15.9 Å². The third-order valence-corrected chi connectivity index (χ3v) is 5.44. The largest absolute Gasteiger partial charge is 0.355 e. The second kappa shape index (κ2) is 8.43. The Kier molecular flexibility index (Phi) is 5.99. The molecule has 144 valence electrons. The fraction of sp³-hybridized carbons (Fsp3) is 0.0500. The van der Waals surface area contributed by atoms with Gasteiger partial charge in [-0.15, -0.1) is 4.83 Å². The Morgan fingerprint density at radius 2 is 1.54 bits per heavy atom. The molecular weight excluding hydrogens is 398 g/mol. The summed E-state index contributed by atoms with van der Waals surface area (Å²) in [6.07, 6.45) is 0. The molecule has 0 unspecified atom stereocenters. The Morgan fingerprint density at radius 3 is 2.21 bits per heavy atom. The summed E-state index contributed by atoms with van der Waals surface area (Å²) in [5.74, 6) is -0.590. The Labute approximate surface area is 168 Å². The van der Waals surface area contributed by atoms with Gasteiger partial charge in [0, 0.05) is 10.7 Å². The summed E-state index contributed by atoms with van der Waals surface area (Å²) < 4.78 is 24.7. The summed E-state index contributed by atoms with van der Waals surface area (Å²) in [6.45, 7) is 1.86. The monoisotopic (exact) mass is 415 g/mol. The summed E-state index contributed by atoms with van der Waals surface area (Å²) in [5, 5.41) is 3.72. The number of benzene rings is 3. The van der Waals surface area contributed by atoms with Crippen molar-refractivity contribution in [2.75, 3.05) is 5.32 Å². The van der Waals surface area contributed by atoms with Gasteiger partial charge in [0.05, 0.1) is 16.1 Å². The van der Waals surface area contributed by atoms with Crippen LogP contribution in [-0.2, 0) is 10.0 Å². The first-order chi connectivity index (χ1) is 13.3. The minimum atomic E-state index is -3.87. The van der Waals surface area contributed by atoms with Crippen LogP contribution in [-0.4, -0.2) is 14.3 Å². The molecule has 0 spiro atoms. The van der Waals surface area contributed by atoms with Crippen LogP contribution >= 0.6 is 11.6 Å². The molecule has 0 atom stereocenters. The number of hydrazine groups is 1. The molecular formula is C20H18ClN3O3S. The average Bonchev–Trinajstić information content (AvgIpc) is 2.69. The smallest absolute Gasteiger partial charge is 0.268 e. The van der Waals surface area contributed by atoms with Gasteiger partial charge in [-0.25, -0.2) is 8.42 Å². The molecule has 0 saturated heterocycles. The normalized spacial score (nSPS) is 11.1. The van der Waals surface area contributed by atoms with E-state index in [1.807, 2.05) is 6.92 Å². The number of halogens is 1. The minimum Gasteiger partial charge on any atom is -0.355 e. The van der Waals surface area contributed by atoms with E-state index in [9.17, 15) is 13.2 Å². The Morgan fingerprint density at radius 1 is 0.893 bits per heavy atom. The number of carbonyl (C=O) groups is 1. The van der Waals surface area contributed by atoms with E-state index in [0.29, 0.717) is 10.7 Å². The van der Waals surface area contributed by atoms with Gasteiger partial charge in [0.15, 0.2) is 0 Å². The molecule has 0 radical (unpaired) electrons. The highest BCUT2D eigenvalue weighted by Gasteiger charge is 2.17. The third kappa shape index (κ3) is 4.89. The Balaban J connectivity index is 1.74. The van der Waals surface area contributed by atoms with Gasteiger partial charge in [0.25, 0.3) is 15.9 Å². The highest BCUT2D eigenvalue weighted by molar-refractivity contribution is 7.89. The van der Waals surface area contributed by atoms with Gasteiger partial charge in [0.1, 0.15) is 0 Å². The summed E-state index contributed by atoms with van der Waals surface area (Å²) in [7, 11) is -3.87. The zero-order valence-corrected chi connectivity index (χ0v) is 16.5. The lowest BCUT2D eigenvalue weighted by Gasteiger charge is -2.13.